The molecule has 0 bridgehead atoms. The average Bonchev–Trinajstić information content (AvgIpc) is 3.22. The molecule has 0 unspecified atom stereocenters. The fourth-order valence-electron chi connectivity index (χ4n) is 1.84. The monoisotopic (exact) mass is 294 g/mol. The van der Waals surface area contributed by atoms with E-state index in [1.54, 1.807) is 6.26 Å². The van der Waals surface area contributed by atoms with Crippen LogP contribution in [0.15, 0.2) is 30.3 Å². The van der Waals surface area contributed by atoms with E-state index in [9.17, 15) is 13.8 Å². The smallest absolute Gasteiger partial charge is 0.309 e. The lowest BCUT2D eigenvalue weighted by Crippen LogP contribution is -2.43. The number of hydrogen-bond acceptors (Lipinski definition) is 3. The molecule has 6 heteroatoms. The van der Waals surface area contributed by atoms with Crippen molar-refractivity contribution in [2.24, 2.45) is 0 Å². The molecule has 0 saturated heterocycles. The van der Waals surface area contributed by atoms with Crippen molar-refractivity contribution < 1.29 is 13.8 Å². The lowest BCUT2D eigenvalue weighted by Gasteiger charge is -2.17. The summed E-state index contributed by atoms with van der Waals surface area (Å²) in [6, 6.07) is 8.97. The van der Waals surface area contributed by atoms with E-state index in [4.69, 9.17) is 0 Å². The van der Waals surface area contributed by atoms with Crippen molar-refractivity contribution in [3.05, 3.63) is 35.9 Å². The van der Waals surface area contributed by atoms with Crippen molar-refractivity contribution in [2.75, 3.05) is 12.0 Å². The largest absolute Gasteiger partial charge is 0.345 e. The van der Waals surface area contributed by atoms with E-state index in [1.807, 2.05) is 30.3 Å². The topological polar surface area (TPSA) is 75.3 Å². The summed E-state index contributed by atoms with van der Waals surface area (Å²) in [5.74, 6) is -1.00. The van der Waals surface area contributed by atoms with Gasteiger partial charge in [0.05, 0.1) is 6.04 Å². The standard InChI is InChI=1S/C14H18N2O3S/c1-20(19)9-12(10-5-3-2-4-6-10)16-14(18)13(17)15-11-7-8-11/h2-6,11-12H,7-9H2,1H3,(H,15,17)(H,16,18)/t12-,20-/m1/s1. The molecule has 0 radical (unpaired) electrons. The number of amides is 2. The van der Waals surface area contributed by atoms with Gasteiger partial charge in [-0.05, 0) is 18.4 Å². The minimum absolute atomic E-state index is 0.142. The normalized spacial score (nSPS) is 17.1. The van der Waals surface area contributed by atoms with Gasteiger partial charge < -0.3 is 10.6 Å². The van der Waals surface area contributed by atoms with Crippen LogP contribution in [0.1, 0.15) is 24.4 Å². The number of carbonyl (C=O) groups is 2. The van der Waals surface area contributed by atoms with Crippen LogP contribution in [0.5, 0.6) is 0 Å². The summed E-state index contributed by atoms with van der Waals surface area (Å²) in [7, 11) is -1.07. The minimum Gasteiger partial charge on any atom is -0.345 e. The van der Waals surface area contributed by atoms with Gasteiger partial charge in [-0.3, -0.25) is 13.8 Å². The third kappa shape index (κ3) is 4.45. The van der Waals surface area contributed by atoms with Crippen molar-refractivity contribution >= 4 is 22.6 Å². The van der Waals surface area contributed by atoms with E-state index in [0.717, 1.165) is 18.4 Å². The molecule has 2 amide bonds. The van der Waals surface area contributed by atoms with Crippen molar-refractivity contribution in [1.29, 1.82) is 0 Å². The van der Waals surface area contributed by atoms with Gasteiger partial charge in [-0.2, -0.15) is 0 Å². The van der Waals surface area contributed by atoms with Gasteiger partial charge >= 0.3 is 11.8 Å². The van der Waals surface area contributed by atoms with Crippen LogP contribution in [0.25, 0.3) is 0 Å². The second-order valence-corrected chi connectivity index (χ2v) is 6.40. The summed E-state index contributed by atoms with van der Waals surface area (Å²) < 4.78 is 11.4. The van der Waals surface area contributed by atoms with Gasteiger partial charge in [0.15, 0.2) is 0 Å². The average molecular weight is 294 g/mol. The zero-order valence-electron chi connectivity index (χ0n) is 11.3. The van der Waals surface area contributed by atoms with Crippen LogP contribution in [0.4, 0.5) is 0 Å². The number of benzene rings is 1. The lowest BCUT2D eigenvalue weighted by atomic mass is 10.1. The highest BCUT2D eigenvalue weighted by Crippen LogP contribution is 2.18. The Hall–Kier alpha value is -1.69. The Kier molecular flexibility index (Phi) is 4.89. The molecule has 1 aliphatic rings. The lowest BCUT2D eigenvalue weighted by molar-refractivity contribution is -0.139. The highest BCUT2D eigenvalue weighted by atomic mass is 32.2. The Labute approximate surface area is 120 Å². The maximum Gasteiger partial charge on any atom is 0.309 e. The summed E-state index contributed by atoms with van der Waals surface area (Å²) in [5.41, 5.74) is 0.843. The van der Waals surface area contributed by atoms with Crippen LogP contribution < -0.4 is 10.6 Å². The van der Waals surface area contributed by atoms with Gasteiger partial charge in [0.25, 0.3) is 0 Å². The molecule has 0 spiro atoms. The third-order valence-corrected chi connectivity index (χ3v) is 3.83. The zero-order chi connectivity index (χ0) is 14.5. The quantitative estimate of drug-likeness (QED) is 0.777. The molecule has 2 rings (SSSR count). The zero-order valence-corrected chi connectivity index (χ0v) is 12.1. The maximum atomic E-state index is 11.8. The first-order valence-corrected chi connectivity index (χ1v) is 8.25. The fourth-order valence-corrected chi connectivity index (χ4v) is 2.59. The van der Waals surface area contributed by atoms with Gasteiger partial charge in [-0.25, -0.2) is 0 Å². The first-order chi connectivity index (χ1) is 9.56. The Balaban J connectivity index is 2.01. The number of nitrogens with one attached hydrogen (secondary N) is 2. The van der Waals surface area contributed by atoms with Crippen LogP contribution in [0, 0.1) is 0 Å². The van der Waals surface area contributed by atoms with E-state index >= 15 is 0 Å². The molecule has 2 N–H and O–H groups in total. The molecule has 0 heterocycles. The molecule has 1 aromatic rings. The van der Waals surface area contributed by atoms with E-state index in [-0.39, 0.29) is 11.8 Å². The Morgan fingerprint density at radius 3 is 2.45 bits per heavy atom. The van der Waals surface area contributed by atoms with Crippen molar-refractivity contribution in [3.8, 4) is 0 Å². The summed E-state index contributed by atoms with van der Waals surface area (Å²) >= 11 is 0. The van der Waals surface area contributed by atoms with Gasteiger partial charge in [-0.1, -0.05) is 30.3 Å². The van der Waals surface area contributed by atoms with Crippen LogP contribution in [0.3, 0.4) is 0 Å². The van der Waals surface area contributed by atoms with Gasteiger partial charge in [0, 0.05) is 28.9 Å². The molecule has 20 heavy (non-hydrogen) atoms. The summed E-state index contributed by atoms with van der Waals surface area (Å²) in [6.45, 7) is 0. The predicted molar refractivity (Wildman–Crippen MR) is 77.4 cm³/mol. The van der Waals surface area contributed by atoms with Gasteiger partial charge in [0.2, 0.25) is 0 Å². The van der Waals surface area contributed by atoms with Crippen molar-refractivity contribution in [2.45, 2.75) is 24.9 Å². The first-order valence-electron chi connectivity index (χ1n) is 6.52. The van der Waals surface area contributed by atoms with Crippen LogP contribution in [-0.4, -0.2) is 34.1 Å². The van der Waals surface area contributed by atoms with E-state index in [0.29, 0.717) is 0 Å². The maximum absolute atomic E-state index is 11.8. The Morgan fingerprint density at radius 2 is 1.90 bits per heavy atom. The molecule has 1 aliphatic carbocycles. The third-order valence-electron chi connectivity index (χ3n) is 3.03. The number of carbonyl (C=O) groups excluding carboxylic acids is 2. The highest BCUT2D eigenvalue weighted by molar-refractivity contribution is 7.84. The molecule has 0 aliphatic heterocycles. The molecule has 1 aromatic carbocycles. The molecule has 5 nitrogen and oxygen atoms in total. The van der Waals surface area contributed by atoms with E-state index in [1.165, 1.54) is 0 Å². The van der Waals surface area contributed by atoms with Gasteiger partial charge in [0.1, 0.15) is 0 Å². The SMILES string of the molecule is C[S@@](=O)C[C@@H](NC(=O)C(=O)NC1CC1)c1ccccc1. The Bertz CT molecular complexity index is 514. The Morgan fingerprint density at radius 1 is 1.25 bits per heavy atom. The number of hydrogen-bond donors (Lipinski definition) is 2. The highest BCUT2D eigenvalue weighted by Gasteiger charge is 2.27. The predicted octanol–water partition coefficient (Wildman–Crippen LogP) is 0.501. The summed E-state index contributed by atoms with van der Waals surface area (Å²) in [4.78, 5) is 23.5. The molecular weight excluding hydrogens is 276 g/mol. The van der Waals surface area contributed by atoms with Crippen molar-refractivity contribution in [3.63, 3.8) is 0 Å². The van der Waals surface area contributed by atoms with Gasteiger partial charge in [-0.15, -0.1) is 0 Å². The minimum atomic E-state index is -1.07. The molecule has 2 atom stereocenters. The van der Waals surface area contributed by atoms with Crippen LogP contribution in [-0.2, 0) is 20.4 Å². The molecule has 1 saturated carbocycles. The van der Waals surface area contributed by atoms with E-state index in [2.05, 4.69) is 10.6 Å². The first kappa shape index (κ1) is 14.7. The van der Waals surface area contributed by atoms with E-state index < -0.39 is 28.7 Å². The molecule has 0 aromatic heterocycles. The van der Waals surface area contributed by atoms with Crippen molar-refractivity contribution in [1.82, 2.24) is 10.6 Å². The molecule has 1 fully saturated rings. The molecular formula is C14H18N2O3S. The summed E-state index contributed by atoms with van der Waals surface area (Å²) in [6.07, 6.45) is 3.44. The fraction of sp³-hybridized carbons (Fsp3) is 0.429. The number of rotatable bonds is 5. The summed E-state index contributed by atoms with van der Waals surface area (Å²) in [5, 5.41) is 5.29. The second-order valence-electron chi connectivity index (χ2n) is 4.92. The van der Waals surface area contributed by atoms with Crippen LogP contribution >= 0.6 is 0 Å². The molecule has 108 valence electrons. The second kappa shape index (κ2) is 6.65. The van der Waals surface area contributed by atoms with Crippen LogP contribution in [0.2, 0.25) is 0 Å².